The molecule has 168 valence electrons. The van der Waals surface area contributed by atoms with Gasteiger partial charge in [0.25, 0.3) is 0 Å². The van der Waals surface area contributed by atoms with Gasteiger partial charge in [0.05, 0.1) is 25.7 Å². The Morgan fingerprint density at radius 3 is 2.00 bits per heavy atom. The summed E-state index contributed by atoms with van der Waals surface area (Å²) in [6, 6.07) is 2.26. The van der Waals surface area contributed by atoms with Crippen molar-refractivity contribution in [3.8, 4) is 11.5 Å². The van der Waals surface area contributed by atoms with Crippen LogP contribution in [0, 0.1) is 0 Å². The first-order chi connectivity index (χ1) is 14.3. The number of carbonyl (C=O) groups is 2. The second-order valence-corrected chi connectivity index (χ2v) is 8.32. The minimum absolute atomic E-state index is 0.0207. The van der Waals surface area contributed by atoms with Crippen molar-refractivity contribution in [2.24, 2.45) is 0 Å². The van der Waals surface area contributed by atoms with E-state index in [-0.39, 0.29) is 56.0 Å². The summed E-state index contributed by atoms with van der Waals surface area (Å²) in [6.07, 6.45) is -5.70. The van der Waals surface area contributed by atoms with Crippen LogP contribution in [-0.2, 0) is 11.2 Å². The molecule has 0 fully saturated rings. The molecule has 0 spiro atoms. The summed E-state index contributed by atoms with van der Waals surface area (Å²) in [6.45, 7) is 0. The molecule has 0 aliphatic heterocycles. The van der Waals surface area contributed by atoms with Crippen molar-refractivity contribution in [1.29, 1.82) is 0 Å². The quantitative estimate of drug-likeness (QED) is 0.166. The maximum atomic E-state index is 12.9. The van der Waals surface area contributed by atoms with Crippen LogP contribution in [0.25, 0.3) is 0 Å². The molecular weight excluding hydrogens is 526 g/mol. The molecule has 0 saturated heterocycles. The Kier molecular flexibility index (Phi) is 8.39. The van der Waals surface area contributed by atoms with Gasteiger partial charge in [-0.05, 0) is 37.0 Å². The summed E-state index contributed by atoms with van der Waals surface area (Å²) in [5.41, 5.74) is -0.465. The Bertz CT molecular complexity index is 1050. The number of aryl methyl sites for hydroxylation is 1. The Morgan fingerprint density at radius 1 is 0.806 bits per heavy atom. The third kappa shape index (κ3) is 5.71. The number of ketones is 2. The summed E-state index contributed by atoms with van der Waals surface area (Å²) in [7, 11) is 0. The summed E-state index contributed by atoms with van der Waals surface area (Å²) in [5, 5.41) is 19.3. The fourth-order valence-corrected chi connectivity index (χ4v) is 3.78. The van der Waals surface area contributed by atoms with Crippen molar-refractivity contribution >= 4 is 69.6 Å². The van der Waals surface area contributed by atoms with Crippen LogP contribution in [0.1, 0.15) is 40.7 Å². The standard InChI is InChI=1S/C19H12Cl5F3O4/c20-10-6-8(12(21)14(23)13(10)22)17(30)9-5-7(16(29)15(24)18(9)31)3-1-2-4-11(28)19(25,26)27/h5-6,29,31H,1-4H2. The second-order valence-electron chi connectivity index (χ2n) is 6.40. The summed E-state index contributed by atoms with van der Waals surface area (Å²) in [5.74, 6) is -3.98. The van der Waals surface area contributed by atoms with Gasteiger partial charge < -0.3 is 10.2 Å². The number of hydrogen-bond donors (Lipinski definition) is 2. The van der Waals surface area contributed by atoms with Crippen LogP contribution in [0.2, 0.25) is 25.1 Å². The largest absolute Gasteiger partial charge is 0.506 e. The predicted molar refractivity (Wildman–Crippen MR) is 113 cm³/mol. The molecule has 12 heteroatoms. The molecule has 0 radical (unpaired) electrons. The first kappa shape index (κ1) is 25.9. The molecule has 31 heavy (non-hydrogen) atoms. The Balaban J connectivity index is 2.33. The molecule has 0 unspecified atom stereocenters. The second kappa shape index (κ2) is 10.0. The summed E-state index contributed by atoms with van der Waals surface area (Å²) >= 11 is 29.7. The third-order valence-electron chi connectivity index (χ3n) is 4.30. The van der Waals surface area contributed by atoms with Gasteiger partial charge in [-0.2, -0.15) is 13.2 Å². The smallest absolute Gasteiger partial charge is 0.449 e. The van der Waals surface area contributed by atoms with E-state index in [4.69, 9.17) is 58.0 Å². The van der Waals surface area contributed by atoms with Crippen LogP contribution in [0.3, 0.4) is 0 Å². The predicted octanol–water partition coefficient (Wildman–Crippen LogP) is 7.44. The van der Waals surface area contributed by atoms with Gasteiger partial charge in [-0.15, -0.1) is 0 Å². The number of carbonyl (C=O) groups excluding carboxylic acids is 2. The maximum Gasteiger partial charge on any atom is 0.449 e. The minimum atomic E-state index is -4.91. The van der Waals surface area contributed by atoms with E-state index in [9.17, 15) is 33.0 Å². The lowest BCUT2D eigenvalue weighted by atomic mass is 9.97. The Hall–Kier alpha value is -1.38. The highest BCUT2D eigenvalue weighted by atomic mass is 35.5. The van der Waals surface area contributed by atoms with Crippen LogP contribution < -0.4 is 0 Å². The van der Waals surface area contributed by atoms with Crippen LogP contribution in [0.15, 0.2) is 12.1 Å². The number of rotatable bonds is 7. The number of halogens is 8. The number of aromatic hydroxyl groups is 2. The highest BCUT2D eigenvalue weighted by molar-refractivity contribution is 6.53. The first-order valence-electron chi connectivity index (χ1n) is 8.48. The monoisotopic (exact) mass is 536 g/mol. The molecule has 0 aromatic heterocycles. The van der Waals surface area contributed by atoms with Crippen LogP contribution >= 0.6 is 58.0 Å². The van der Waals surface area contributed by atoms with E-state index >= 15 is 0 Å². The number of benzene rings is 2. The Morgan fingerprint density at radius 2 is 1.42 bits per heavy atom. The average molecular weight is 539 g/mol. The number of alkyl halides is 3. The average Bonchev–Trinajstić information content (AvgIpc) is 2.70. The first-order valence-corrected chi connectivity index (χ1v) is 10.4. The molecule has 2 rings (SSSR count). The van der Waals surface area contributed by atoms with Crippen LogP contribution in [0.4, 0.5) is 13.2 Å². The van der Waals surface area contributed by atoms with Gasteiger partial charge in [-0.1, -0.05) is 58.0 Å². The molecule has 0 aliphatic rings. The molecule has 0 saturated carbocycles. The van der Waals surface area contributed by atoms with Gasteiger partial charge in [0.2, 0.25) is 5.78 Å². The molecule has 0 bridgehead atoms. The van der Waals surface area contributed by atoms with Crippen LogP contribution in [-0.4, -0.2) is 28.0 Å². The number of Topliss-reactive ketones (excluding diaryl/α,β-unsaturated/α-hetero) is 1. The van der Waals surface area contributed by atoms with Gasteiger partial charge >= 0.3 is 6.18 Å². The third-order valence-corrected chi connectivity index (χ3v) is 6.41. The fourth-order valence-electron chi connectivity index (χ4n) is 2.67. The SMILES string of the molecule is O=C(c1cc(CCCCC(=O)C(F)(F)F)c(O)c(Cl)c1O)c1cc(Cl)c(Cl)c(Cl)c1Cl. The number of phenols is 2. The molecule has 2 aromatic rings. The van der Waals surface area contributed by atoms with Crippen LogP contribution in [0.5, 0.6) is 11.5 Å². The van der Waals surface area contributed by atoms with Crippen molar-refractivity contribution in [2.75, 3.05) is 0 Å². The number of phenolic OH excluding ortho intramolecular Hbond substituents is 2. The van der Waals surface area contributed by atoms with E-state index in [1.807, 2.05) is 0 Å². The van der Waals surface area contributed by atoms with E-state index in [1.54, 1.807) is 0 Å². The molecule has 0 heterocycles. The maximum absolute atomic E-state index is 12.9. The number of hydrogen-bond acceptors (Lipinski definition) is 4. The normalized spacial score (nSPS) is 11.6. The molecule has 2 aromatic carbocycles. The van der Waals surface area contributed by atoms with Crippen molar-refractivity contribution in [3.05, 3.63) is 53.9 Å². The molecule has 0 amide bonds. The topological polar surface area (TPSA) is 74.6 Å². The van der Waals surface area contributed by atoms with Crippen molar-refractivity contribution in [2.45, 2.75) is 31.9 Å². The summed E-state index contributed by atoms with van der Waals surface area (Å²) < 4.78 is 36.8. The lowest BCUT2D eigenvalue weighted by Crippen LogP contribution is -2.22. The number of unbranched alkanes of at least 4 members (excludes halogenated alkanes) is 1. The minimum Gasteiger partial charge on any atom is -0.506 e. The van der Waals surface area contributed by atoms with Crippen molar-refractivity contribution in [3.63, 3.8) is 0 Å². The fraction of sp³-hybridized carbons (Fsp3) is 0.263. The van der Waals surface area contributed by atoms with Crippen molar-refractivity contribution < 1.29 is 33.0 Å². The van der Waals surface area contributed by atoms with Gasteiger partial charge in [0, 0.05) is 12.0 Å². The van der Waals surface area contributed by atoms with E-state index in [0.29, 0.717) is 0 Å². The van der Waals surface area contributed by atoms with E-state index in [1.165, 1.54) is 0 Å². The van der Waals surface area contributed by atoms with Gasteiger partial charge in [-0.3, -0.25) is 9.59 Å². The van der Waals surface area contributed by atoms with Gasteiger partial charge in [0.1, 0.15) is 16.5 Å². The Labute approximate surface area is 199 Å². The van der Waals surface area contributed by atoms with E-state index in [0.717, 1.165) is 12.1 Å². The molecule has 4 nitrogen and oxygen atoms in total. The lowest BCUT2D eigenvalue weighted by Gasteiger charge is -2.14. The lowest BCUT2D eigenvalue weighted by molar-refractivity contribution is -0.171. The van der Waals surface area contributed by atoms with Crippen molar-refractivity contribution in [1.82, 2.24) is 0 Å². The summed E-state index contributed by atoms with van der Waals surface area (Å²) in [4.78, 5) is 23.9. The molecular formula is C19H12Cl5F3O4. The zero-order chi connectivity index (χ0) is 23.7. The van der Waals surface area contributed by atoms with Gasteiger partial charge in [0.15, 0.2) is 5.78 Å². The highest BCUT2D eigenvalue weighted by Crippen LogP contribution is 2.43. The van der Waals surface area contributed by atoms with E-state index < -0.39 is 40.7 Å². The molecule has 0 aliphatic carbocycles. The highest BCUT2D eigenvalue weighted by Gasteiger charge is 2.37. The molecule has 2 N–H and O–H groups in total. The zero-order valence-electron chi connectivity index (χ0n) is 15.2. The van der Waals surface area contributed by atoms with Gasteiger partial charge in [-0.25, -0.2) is 0 Å². The van der Waals surface area contributed by atoms with E-state index in [2.05, 4.69) is 0 Å². The molecule has 0 atom stereocenters. The zero-order valence-corrected chi connectivity index (χ0v) is 19.0.